The smallest absolute Gasteiger partial charge is 0.426 e. The molecule has 2 rings (SSSR count). The highest BCUT2D eigenvalue weighted by Gasteiger charge is 2.27. The van der Waals surface area contributed by atoms with Crippen LogP contribution in [-0.2, 0) is 0 Å². The highest BCUT2D eigenvalue weighted by atomic mass is 32.1. The molecule has 0 aromatic carbocycles. The summed E-state index contributed by atoms with van der Waals surface area (Å²) in [6, 6.07) is 0. The van der Waals surface area contributed by atoms with Gasteiger partial charge in [0.25, 0.3) is 5.91 Å². The number of tetrazole rings is 1. The van der Waals surface area contributed by atoms with Gasteiger partial charge in [-0.25, -0.2) is 0 Å². The van der Waals surface area contributed by atoms with Crippen LogP contribution in [0.4, 0.5) is 4.79 Å². The first-order chi connectivity index (χ1) is 7.59. The summed E-state index contributed by atoms with van der Waals surface area (Å²) in [4.78, 5) is 21.9. The highest BCUT2D eigenvalue weighted by molar-refractivity contribution is 7.05. The summed E-state index contributed by atoms with van der Waals surface area (Å²) < 4.78 is 2.01. The van der Waals surface area contributed by atoms with E-state index in [9.17, 15) is 9.59 Å². The molecule has 0 saturated heterocycles. The van der Waals surface area contributed by atoms with Crippen LogP contribution in [0.5, 0.6) is 0 Å². The molecule has 2 aromatic rings. The molecule has 2 heterocycles. The molecule has 0 radical (unpaired) electrons. The lowest BCUT2D eigenvalue weighted by Crippen LogP contribution is -2.36. The second-order valence-corrected chi connectivity index (χ2v) is 3.65. The number of amides is 1. The van der Waals surface area contributed by atoms with Crippen LogP contribution in [0.1, 0.15) is 9.67 Å². The van der Waals surface area contributed by atoms with Gasteiger partial charge in [-0.3, -0.25) is 4.79 Å². The van der Waals surface area contributed by atoms with E-state index in [1.54, 1.807) is 0 Å². The van der Waals surface area contributed by atoms with E-state index < -0.39 is 12.0 Å². The summed E-state index contributed by atoms with van der Waals surface area (Å²) in [5, 5.41) is 19.1. The molecule has 3 N–H and O–H groups in total. The lowest BCUT2D eigenvalue weighted by atomic mass is 10.4. The summed E-state index contributed by atoms with van der Waals surface area (Å²) >= 11 is 0.700. The second kappa shape index (κ2) is 3.66. The molecule has 2 aromatic heterocycles. The van der Waals surface area contributed by atoms with Crippen molar-refractivity contribution in [1.82, 2.24) is 20.2 Å². The fourth-order valence-corrected chi connectivity index (χ4v) is 1.80. The van der Waals surface area contributed by atoms with Gasteiger partial charge in [0.15, 0.2) is 22.1 Å². The first kappa shape index (κ1) is 10.2. The summed E-state index contributed by atoms with van der Waals surface area (Å²) in [6.07, 6.45) is 1.23. The van der Waals surface area contributed by atoms with Crippen molar-refractivity contribution in [1.29, 1.82) is 0 Å². The number of hydrogen-bond donors (Lipinski definition) is 2. The van der Waals surface area contributed by atoms with Gasteiger partial charge >= 0.3 is 6.09 Å². The molecule has 16 heavy (non-hydrogen) atoms. The van der Waals surface area contributed by atoms with E-state index in [0.717, 1.165) is 8.64 Å². The Kier molecular flexibility index (Phi) is 2.32. The van der Waals surface area contributed by atoms with E-state index in [0.29, 0.717) is 11.5 Å². The fraction of sp³-hybridized carbons (Fsp3) is 0. The number of aromatic nitrogens is 5. The van der Waals surface area contributed by atoms with E-state index >= 15 is 0 Å². The van der Waals surface area contributed by atoms with Crippen LogP contribution in [0.2, 0.25) is 0 Å². The van der Waals surface area contributed by atoms with Crippen molar-refractivity contribution < 1.29 is 18.7 Å². The van der Waals surface area contributed by atoms with Gasteiger partial charge in [0.2, 0.25) is 6.20 Å². The molecule has 0 aliphatic rings. The fourth-order valence-electron chi connectivity index (χ4n) is 1.04. The van der Waals surface area contributed by atoms with Crippen molar-refractivity contribution in [3.8, 4) is 5.69 Å². The monoisotopic (exact) mass is 241 g/mol. The molecule has 0 atom stereocenters. The SMILES string of the molecule is NC(=O)c1s[n+](C(=O)O)cc1-n1cnnn1. The van der Waals surface area contributed by atoms with Gasteiger partial charge in [-0.2, -0.15) is 9.48 Å². The minimum Gasteiger partial charge on any atom is -0.426 e. The van der Waals surface area contributed by atoms with Crippen LogP contribution in [0.25, 0.3) is 5.69 Å². The number of carbonyl (C=O) groups excluding carboxylic acids is 1. The van der Waals surface area contributed by atoms with Gasteiger partial charge in [0.05, 0.1) is 0 Å². The van der Waals surface area contributed by atoms with Gasteiger partial charge in [-0.15, -0.1) is 5.10 Å². The zero-order valence-electron chi connectivity index (χ0n) is 7.64. The number of hydrogen-bond acceptors (Lipinski definition) is 6. The van der Waals surface area contributed by atoms with Gasteiger partial charge < -0.3 is 10.8 Å². The number of nitrogens with two attached hydrogens (primary N) is 1. The Hall–Kier alpha value is -2.36. The molecule has 0 spiro atoms. The molecule has 0 saturated carbocycles. The normalized spacial score (nSPS) is 10.2. The molecule has 0 unspecified atom stereocenters. The lowest BCUT2D eigenvalue weighted by molar-refractivity contribution is -0.511. The Balaban J connectivity index is 2.59. The van der Waals surface area contributed by atoms with E-state index in [2.05, 4.69) is 15.5 Å². The average Bonchev–Trinajstić information content (AvgIpc) is 2.86. The Morgan fingerprint density at radius 1 is 1.56 bits per heavy atom. The van der Waals surface area contributed by atoms with E-state index in [4.69, 9.17) is 10.8 Å². The Morgan fingerprint density at radius 2 is 2.31 bits per heavy atom. The predicted octanol–water partition coefficient (Wildman–Crippen LogP) is -1.36. The van der Waals surface area contributed by atoms with E-state index in [1.165, 1.54) is 12.5 Å². The van der Waals surface area contributed by atoms with Crippen LogP contribution in [0.15, 0.2) is 12.5 Å². The Labute approximate surface area is 91.9 Å². The van der Waals surface area contributed by atoms with E-state index in [-0.39, 0.29) is 10.6 Å². The minimum absolute atomic E-state index is 0.0645. The number of carboxylic acid groups (broad SMARTS) is 1. The van der Waals surface area contributed by atoms with Crippen molar-refractivity contribution in [3.63, 3.8) is 0 Å². The maximum atomic E-state index is 11.1. The van der Waals surface area contributed by atoms with Crippen LogP contribution in [-0.4, -0.2) is 37.3 Å². The molecule has 1 amide bonds. The number of carbonyl (C=O) groups is 2. The van der Waals surface area contributed by atoms with Crippen LogP contribution >= 0.6 is 11.5 Å². The van der Waals surface area contributed by atoms with Crippen molar-refractivity contribution in [2.75, 3.05) is 0 Å². The van der Waals surface area contributed by atoms with Crippen molar-refractivity contribution in [3.05, 3.63) is 17.4 Å². The zero-order valence-corrected chi connectivity index (χ0v) is 8.46. The van der Waals surface area contributed by atoms with Gasteiger partial charge in [0.1, 0.15) is 6.33 Å². The molecule has 10 heteroatoms. The minimum atomic E-state index is -1.22. The standard InChI is InChI=1S/C6H4N6O3S/c7-5(13)4-3(11-2-8-9-10-11)1-12(16-4)6(14)15/h1-2H,(H2-,7,13,14,15)/p+1. The molecular weight excluding hydrogens is 236 g/mol. The molecule has 0 fully saturated rings. The van der Waals surface area contributed by atoms with Crippen molar-refractivity contribution >= 4 is 23.5 Å². The number of primary amides is 1. The third kappa shape index (κ3) is 1.61. The maximum Gasteiger partial charge on any atom is 0.613 e. The third-order valence-corrected chi connectivity index (χ3v) is 2.72. The number of rotatable bonds is 2. The quantitative estimate of drug-likeness (QED) is 0.624. The van der Waals surface area contributed by atoms with Crippen molar-refractivity contribution in [2.24, 2.45) is 5.73 Å². The predicted molar refractivity (Wildman–Crippen MR) is 49.2 cm³/mol. The average molecular weight is 241 g/mol. The number of nitrogens with zero attached hydrogens (tertiary/aromatic N) is 5. The summed E-state index contributed by atoms with van der Waals surface area (Å²) in [7, 11) is 0. The zero-order chi connectivity index (χ0) is 11.7. The molecule has 0 bridgehead atoms. The summed E-state index contributed by atoms with van der Waals surface area (Å²) in [6.45, 7) is 0. The summed E-state index contributed by atoms with van der Waals surface area (Å²) in [5.41, 5.74) is 5.34. The van der Waals surface area contributed by atoms with Crippen LogP contribution < -0.4 is 9.69 Å². The summed E-state index contributed by atoms with van der Waals surface area (Å²) in [5.74, 6) is -0.740. The molecular formula is C6H5N6O3S+. The molecule has 0 aliphatic heterocycles. The molecule has 82 valence electrons. The maximum absolute atomic E-state index is 11.1. The first-order valence-corrected chi connectivity index (χ1v) is 4.69. The topological polar surface area (TPSA) is 128 Å². The molecule has 0 aliphatic carbocycles. The lowest BCUT2D eigenvalue weighted by Gasteiger charge is -1.91. The van der Waals surface area contributed by atoms with Gasteiger partial charge in [0, 0.05) is 0 Å². The van der Waals surface area contributed by atoms with Gasteiger partial charge in [-0.05, 0) is 14.4 Å². The second-order valence-electron chi connectivity index (χ2n) is 2.66. The van der Waals surface area contributed by atoms with Gasteiger partial charge in [-0.1, -0.05) is 0 Å². The molecule has 9 nitrogen and oxygen atoms in total. The largest absolute Gasteiger partial charge is 0.613 e. The van der Waals surface area contributed by atoms with E-state index in [1.807, 2.05) is 0 Å². The van der Waals surface area contributed by atoms with Crippen molar-refractivity contribution in [2.45, 2.75) is 0 Å². The Bertz CT molecular complexity index is 547. The highest BCUT2D eigenvalue weighted by Crippen LogP contribution is 2.14. The Morgan fingerprint density at radius 3 is 2.81 bits per heavy atom. The van der Waals surface area contributed by atoms with Crippen LogP contribution in [0.3, 0.4) is 0 Å². The third-order valence-electron chi connectivity index (χ3n) is 1.67. The first-order valence-electron chi connectivity index (χ1n) is 3.92. The van der Waals surface area contributed by atoms with Crippen LogP contribution in [0, 0.1) is 0 Å².